The van der Waals surface area contributed by atoms with Crippen molar-refractivity contribution >= 4 is 17.5 Å². The summed E-state index contributed by atoms with van der Waals surface area (Å²) in [7, 11) is 1.28. The summed E-state index contributed by atoms with van der Waals surface area (Å²) in [5, 5.41) is 21.4. The van der Waals surface area contributed by atoms with Crippen molar-refractivity contribution in [1.82, 2.24) is 30.6 Å². The molecular weight excluding hydrogens is 871 g/mol. The van der Waals surface area contributed by atoms with Crippen LogP contribution in [0.25, 0.3) is 0 Å². The zero-order valence-corrected chi connectivity index (χ0v) is 41.6. The van der Waals surface area contributed by atoms with Gasteiger partial charge in [-0.25, -0.2) is 13.6 Å². The van der Waals surface area contributed by atoms with Gasteiger partial charge in [-0.2, -0.15) is 15.3 Å². The molecule has 0 saturated carbocycles. The number of ether oxygens (including phenoxy) is 4. The van der Waals surface area contributed by atoms with Gasteiger partial charge in [0.05, 0.1) is 49.6 Å². The summed E-state index contributed by atoms with van der Waals surface area (Å²) in [5.41, 5.74) is 13.5. The highest BCUT2D eigenvalue weighted by atomic mass is 19.1. The monoisotopic (exact) mass is 939 g/mol. The molecule has 0 aliphatic heterocycles. The number of hydrogen-bond donors (Lipinski definition) is 3. The van der Waals surface area contributed by atoms with Gasteiger partial charge in [0.2, 0.25) is 0 Å². The van der Waals surface area contributed by atoms with Crippen molar-refractivity contribution < 1.29 is 42.1 Å². The maximum absolute atomic E-state index is 13.9. The molecule has 13 nitrogen and oxygen atoms in total. The minimum atomic E-state index is -0.513. The Bertz CT molecular complexity index is 2530. The molecule has 0 fully saturated rings. The summed E-state index contributed by atoms with van der Waals surface area (Å²) in [6.07, 6.45) is 7.01. The van der Waals surface area contributed by atoms with Gasteiger partial charge < -0.3 is 18.9 Å². The zero-order chi connectivity index (χ0) is 49.9. The van der Waals surface area contributed by atoms with Crippen LogP contribution in [0.1, 0.15) is 145 Å². The molecule has 3 heterocycles. The van der Waals surface area contributed by atoms with Gasteiger partial charge in [-0.1, -0.05) is 13.8 Å². The number of hydrogen-bond acceptors (Lipinski definition) is 10. The number of aromatic amines is 3. The molecule has 68 heavy (non-hydrogen) atoms. The van der Waals surface area contributed by atoms with Gasteiger partial charge in [-0.3, -0.25) is 24.9 Å². The van der Waals surface area contributed by atoms with E-state index in [-0.39, 0.29) is 28.6 Å². The van der Waals surface area contributed by atoms with Crippen LogP contribution in [0.3, 0.4) is 0 Å². The van der Waals surface area contributed by atoms with Crippen LogP contribution in [0.5, 0.6) is 17.2 Å². The number of carbonyl (C=O) groups is 3. The Hall–Kier alpha value is -6.64. The Labute approximate surface area is 399 Å². The van der Waals surface area contributed by atoms with Gasteiger partial charge >= 0.3 is 5.97 Å². The lowest BCUT2D eigenvalue weighted by atomic mass is 10.0. The first kappa shape index (κ1) is 54.0. The Morgan fingerprint density at radius 2 is 0.971 bits per heavy atom. The van der Waals surface area contributed by atoms with E-state index in [0.29, 0.717) is 38.2 Å². The SMILES string of the molecule is CCC(=O)c1cc(C)c(OCCCc2c(C)n[nH]c2C)c(C)c1.CCC(=O)c1ccc(OCCCc2c(C)n[nH]c2C)c(F)c1.COC(=O)c1ccc(F)c(OCCCCc2c(C)n[nH]c2C)c1. The van der Waals surface area contributed by atoms with Gasteiger partial charge in [-0.15, -0.1) is 0 Å². The van der Waals surface area contributed by atoms with Crippen LogP contribution in [0.15, 0.2) is 48.5 Å². The van der Waals surface area contributed by atoms with Crippen LogP contribution in [0.2, 0.25) is 0 Å². The number of rotatable bonds is 21. The third-order valence-corrected chi connectivity index (χ3v) is 11.6. The lowest BCUT2D eigenvalue weighted by Crippen LogP contribution is -2.05. The molecule has 0 saturated heterocycles. The second-order valence-electron chi connectivity index (χ2n) is 16.7. The van der Waals surface area contributed by atoms with Crippen molar-refractivity contribution in [3.05, 3.63) is 139 Å². The molecule has 0 amide bonds. The van der Waals surface area contributed by atoms with Crippen molar-refractivity contribution in [1.29, 1.82) is 0 Å². The van der Waals surface area contributed by atoms with Crippen LogP contribution in [-0.4, -0.2) is 75.1 Å². The van der Waals surface area contributed by atoms with Crippen LogP contribution in [0, 0.1) is 67.0 Å². The maximum Gasteiger partial charge on any atom is 0.337 e. The Morgan fingerprint density at radius 3 is 1.44 bits per heavy atom. The molecule has 15 heteroatoms. The van der Waals surface area contributed by atoms with Crippen LogP contribution in [-0.2, 0) is 24.0 Å². The number of benzene rings is 3. The fourth-order valence-corrected chi connectivity index (χ4v) is 7.66. The summed E-state index contributed by atoms with van der Waals surface area (Å²) in [5.74, 6) is -0.227. The minimum Gasteiger partial charge on any atom is -0.493 e. The smallest absolute Gasteiger partial charge is 0.337 e. The fourth-order valence-electron chi connectivity index (χ4n) is 7.66. The summed E-state index contributed by atoms with van der Waals surface area (Å²) in [6.45, 7) is 21.1. The van der Waals surface area contributed by atoms with Crippen molar-refractivity contribution in [3.63, 3.8) is 0 Å². The molecule has 3 N–H and O–H groups in total. The molecule has 0 unspecified atom stereocenters. The summed E-state index contributed by atoms with van der Waals surface area (Å²) >= 11 is 0. The van der Waals surface area contributed by atoms with E-state index in [4.69, 9.17) is 14.2 Å². The van der Waals surface area contributed by atoms with Crippen molar-refractivity contribution in [2.75, 3.05) is 26.9 Å². The number of methoxy groups -OCH3 is 1. The predicted molar refractivity (Wildman–Crippen MR) is 260 cm³/mol. The van der Waals surface area contributed by atoms with Gasteiger partial charge in [0.15, 0.2) is 34.7 Å². The first-order chi connectivity index (χ1) is 32.5. The Balaban J connectivity index is 0.000000222. The quantitative estimate of drug-likeness (QED) is 0.0358. The largest absolute Gasteiger partial charge is 0.493 e. The average Bonchev–Trinajstić information content (AvgIpc) is 3.95. The number of carbonyl (C=O) groups excluding carboxylic acids is 3. The number of esters is 1. The summed E-state index contributed by atoms with van der Waals surface area (Å²) in [6, 6.07) is 12.2. The third kappa shape index (κ3) is 15.5. The summed E-state index contributed by atoms with van der Waals surface area (Å²) < 4.78 is 49.1. The van der Waals surface area contributed by atoms with Crippen LogP contribution in [0.4, 0.5) is 8.78 Å². The maximum atomic E-state index is 13.9. The fraction of sp³-hybridized carbons (Fsp3) is 0.434. The number of aromatic nitrogens is 6. The molecule has 0 aliphatic rings. The average molecular weight is 939 g/mol. The number of nitrogens with one attached hydrogen (secondary N) is 3. The Morgan fingerprint density at radius 1 is 0.515 bits per heavy atom. The second-order valence-corrected chi connectivity index (χ2v) is 16.7. The molecule has 366 valence electrons. The van der Waals surface area contributed by atoms with E-state index >= 15 is 0 Å². The van der Waals surface area contributed by atoms with Gasteiger partial charge in [0.25, 0.3) is 0 Å². The highest BCUT2D eigenvalue weighted by molar-refractivity contribution is 5.96. The highest BCUT2D eigenvalue weighted by Gasteiger charge is 2.14. The van der Waals surface area contributed by atoms with Crippen LogP contribution >= 0.6 is 0 Å². The molecule has 3 aromatic heterocycles. The van der Waals surface area contributed by atoms with E-state index in [1.807, 2.05) is 74.4 Å². The topological polar surface area (TPSA) is 174 Å². The molecule has 0 atom stereocenters. The molecule has 6 rings (SSSR count). The molecule has 0 radical (unpaired) electrons. The third-order valence-electron chi connectivity index (χ3n) is 11.6. The first-order valence-corrected chi connectivity index (χ1v) is 23.2. The van der Waals surface area contributed by atoms with E-state index in [1.54, 1.807) is 13.0 Å². The molecular formula is C53H68F2N6O7. The normalized spacial score (nSPS) is 10.7. The van der Waals surface area contributed by atoms with Gasteiger partial charge in [0, 0.05) is 41.1 Å². The van der Waals surface area contributed by atoms with E-state index in [2.05, 4.69) is 35.3 Å². The summed E-state index contributed by atoms with van der Waals surface area (Å²) in [4.78, 5) is 34.8. The second kappa shape index (κ2) is 26.6. The lowest BCUT2D eigenvalue weighted by Gasteiger charge is -2.14. The van der Waals surface area contributed by atoms with Gasteiger partial charge in [0.1, 0.15) is 5.75 Å². The van der Waals surface area contributed by atoms with Crippen LogP contribution < -0.4 is 14.2 Å². The number of ketones is 2. The van der Waals surface area contributed by atoms with E-state index in [1.165, 1.54) is 54.1 Å². The van der Waals surface area contributed by atoms with Crippen molar-refractivity contribution in [3.8, 4) is 17.2 Å². The molecule has 0 aliphatic carbocycles. The van der Waals surface area contributed by atoms with Gasteiger partial charge in [-0.05, 0) is 177 Å². The first-order valence-electron chi connectivity index (χ1n) is 23.2. The minimum absolute atomic E-state index is 0.0728. The molecule has 3 aromatic carbocycles. The number of halogens is 2. The van der Waals surface area contributed by atoms with E-state index in [9.17, 15) is 23.2 Å². The zero-order valence-electron chi connectivity index (χ0n) is 41.6. The molecule has 6 aromatic rings. The number of aryl methyl sites for hydroxylation is 8. The molecule has 0 spiro atoms. The van der Waals surface area contributed by atoms with Crippen molar-refractivity contribution in [2.45, 2.75) is 127 Å². The number of unbranched alkanes of at least 4 members (excludes halogenated alkanes) is 1. The predicted octanol–water partition coefficient (Wildman–Crippen LogP) is 11.4. The lowest BCUT2D eigenvalue weighted by molar-refractivity contribution is 0.0599. The van der Waals surface area contributed by atoms with E-state index < -0.39 is 17.6 Å². The highest BCUT2D eigenvalue weighted by Crippen LogP contribution is 2.27. The standard InChI is InChI=1S/C19H26N2O2.C17H21FN2O3.C17H21FN2O2/c1-6-18(22)16-10-12(2)19(13(3)11-16)23-9-7-8-17-14(4)20-21-15(17)5;1-11-14(12(2)20-19-11)6-4-5-9-23-16-10-13(17(21)22-3)7-8-15(16)18;1-4-16(21)13-7-8-17(15(18)10-13)22-9-5-6-14-11(2)19-20-12(14)3/h10-11H,6-9H2,1-5H3,(H,20,21);7-8,10H,4-6,9H2,1-3H3,(H,19,20);7-8,10H,4-6,9H2,1-3H3,(H,19,20). The number of H-pyrrole nitrogens is 3. The molecule has 0 bridgehead atoms. The van der Waals surface area contributed by atoms with Crippen molar-refractivity contribution in [2.24, 2.45) is 0 Å². The number of nitrogens with zero attached hydrogens (tertiary/aromatic N) is 3. The van der Waals surface area contributed by atoms with E-state index in [0.717, 1.165) is 102 Å². The number of Topliss-reactive ketones (excluding diaryl/α,β-unsaturated/α-hetero) is 2. The Kier molecular flexibility index (Phi) is 21.1.